The van der Waals surface area contributed by atoms with Crippen molar-refractivity contribution in [2.75, 3.05) is 0 Å². The summed E-state index contributed by atoms with van der Waals surface area (Å²) in [5, 5.41) is 19.1. The van der Waals surface area contributed by atoms with Crippen LogP contribution in [0.2, 0.25) is 0 Å². The van der Waals surface area contributed by atoms with E-state index in [1.165, 1.54) is 12.8 Å². The Balaban J connectivity index is 1.54. The molecule has 4 aromatic rings. The third-order valence-corrected chi connectivity index (χ3v) is 5.51. The number of hydrogen-bond donors (Lipinski definition) is 1. The summed E-state index contributed by atoms with van der Waals surface area (Å²) in [6, 6.07) is 12.2. The Morgan fingerprint density at radius 3 is 2.50 bits per heavy atom. The first-order valence-corrected chi connectivity index (χ1v) is 11.5. The molecule has 0 saturated carbocycles. The van der Waals surface area contributed by atoms with E-state index < -0.39 is 0 Å². The van der Waals surface area contributed by atoms with Crippen LogP contribution in [0.4, 0.5) is 0 Å². The van der Waals surface area contributed by atoms with Crippen molar-refractivity contribution in [3.8, 4) is 22.6 Å². The molecule has 0 bridgehead atoms. The molecule has 0 radical (unpaired) electrons. The molecule has 0 aliphatic rings. The fourth-order valence-electron chi connectivity index (χ4n) is 3.75. The van der Waals surface area contributed by atoms with Gasteiger partial charge in [0.25, 0.3) is 0 Å². The minimum Gasteiger partial charge on any atom is -0.256 e. The van der Waals surface area contributed by atoms with Crippen molar-refractivity contribution in [3.63, 3.8) is 0 Å². The lowest BCUT2D eigenvalue weighted by molar-refractivity contribution is 0.530. The van der Waals surface area contributed by atoms with E-state index in [1.54, 1.807) is 0 Å². The Kier molecular flexibility index (Phi) is 7.32. The molecule has 1 aromatic carbocycles. The molecule has 8 heteroatoms. The van der Waals surface area contributed by atoms with Gasteiger partial charge in [-0.05, 0) is 34.9 Å². The number of nitrogens with one attached hydrogen (secondary N) is 1. The number of unbranched alkanes of at least 4 members (excludes halogenated alkanes) is 3. The highest BCUT2D eigenvalue weighted by Gasteiger charge is 2.13. The normalized spacial score (nSPS) is 11.2. The quantitative estimate of drug-likeness (QED) is 0.348. The highest BCUT2D eigenvalue weighted by Crippen LogP contribution is 2.28. The van der Waals surface area contributed by atoms with Gasteiger partial charge in [0.1, 0.15) is 5.82 Å². The van der Waals surface area contributed by atoms with Gasteiger partial charge in [-0.2, -0.15) is 5.10 Å². The van der Waals surface area contributed by atoms with Crippen LogP contribution in [0.1, 0.15) is 63.2 Å². The lowest BCUT2D eigenvalue weighted by Gasteiger charge is -2.08. The summed E-state index contributed by atoms with van der Waals surface area (Å²) in [5.74, 6) is 2.61. The summed E-state index contributed by atoms with van der Waals surface area (Å²) in [6.45, 7) is 5.34. The van der Waals surface area contributed by atoms with E-state index in [-0.39, 0.29) is 0 Å². The summed E-state index contributed by atoms with van der Waals surface area (Å²) in [7, 11) is 0. The number of H-pyrrole nitrogens is 1. The van der Waals surface area contributed by atoms with Crippen LogP contribution in [-0.2, 0) is 19.4 Å². The minimum absolute atomic E-state index is 0.631. The van der Waals surface area contributed by atoms with Crippen molar-refractivity contribution >= 4 is 0 Å². The first-order chi connectivity index (χ1) is 15.8. The SMILES string of the molecule is CCCCCn1nc(CCCC)nc1Cc1ccc(-c2ccccc2-c2nnn[nH]2)nc1. The number of aryl methyl sites for hydroxylation is 2. The van der Waals surface area contributed by atoms with Crippen molar-refractivity contribution in [1.82, 2.24) is 40.4 Å². The molecule has 0 fully saturated rings. The molecule has 32 heavy (non-hydrogen) atoms. The van der Waals surface area contributed by atoms with Crippen LogP contribution in [0.15, 0.2) is 42.6 Å². The summed E-state index contributed by atoms with van der Waals surface area (Å²) in [5.41, 5.74) is 3.92. The summed E-state index contributed by atoms with van der Waals surface area (Å²) >= 11 is 0. The van der Waals surface area contributed by atoms with Gasteiger partial charge in [-0.3, -0.25) is 4.98 Å². The molecule has 0 saturated heterocycles. The lowest BCUT2D eigenvalue weighted by atomic mass is 10.0. The number of tetrazole rings is 1. The summed E-state index contributed by atoms with van der Waals surface area (Å²) < 4.78 is 2.10. The van der Waals surface area contributed by atoms with Gasteiger partial charge in [-0.1, -0.05) is 63.4 Å². The van der Waals surface area contributed by atoms with Crippen LogP contribution < -0.4 is 0 Å². The van der Waals surface area contributed by atoms with Gasteiger partial charge >= 0.3 is 0 Å². The first-order valence-electron chi connectivity index (χ1n) is 11.5. The molecule has 1 N–H and O–H groups in total. The molecule has 0 aliphatic heterocycles. The Hall–Kier alpha value is -3.42. The van der Waals surface area contributed by atoms with Crippen molar-refractivity contribution < 1.29 is 0 Å². The standard InChI is InChI=1S/C24H30N8/c1-3-5-9-15-32-23(26-22(29-32)12-6-4-2)16-18-13-14-21(25-17-18)19-10-7-8-11-20(19)24-27-30-31-28-24/h7-8,10-11,13-14,17H,3-6,9,12,15-16H2,1-2H3,(H,27,28,30,31). The second-order valence-electron chi connectivity index (χ2n) is 8.00. The average molecular weight is 431 g/mol. The number of pyridine rings is 1. The first kappa shape index (κ1) is 21.8. The van der Waals surface area contributed by atoms with Crippen molar-refractivity contribution in [3.05, 3.63) is 59.8 Å². The third kappa shape index (κ3) is 5.25. The third-order valence-electron chi connectivity index (χ3n) is 5.51. The zero-order valence-electron chi connectivity index (χ0n) is 18.8. The molecule has 0 amide bonds. The van der Waals surface area contributed by atoms with Crippen molar-refractivity contribution in [1.29, 1.82) is 0 Å². The molecule has 0 atom stereocenters. The molecule has 0 unspecified atom stereocenters. The van der Waals surface area contributed by atoms with Gasteiger partial charge < -0.3 is 0 Å². The van der Waals surface area contributed by atoms with E-state index >= 15 is 0 Å². The maximum atomic E-state index is 4.85. The Bertz CT molecular complexity index is 1100. The van der Waals surface area contributed by atoms with Crippen LogP contribution in [0.25, 0.3) is 22.6 Å². The minimum atomic E-state index is 0.631. The number of aromatic amines is 1. The van der Waals surface area contributed by atoms with Crippen molar-refractivity contribution in [2.45, 2.75) is 65.3 Å². The van der Waals surface area contributed by atoms with Crippen LogP contribution in [-0.4, -0.2) is 40.4 Å². The molecule has 0 aliphatic carbocycles. The second kappa shape index (κ2) is 10.7. The van der Waals surface area contributed by atoms with Gasteiger partial charge in [-0.15, -0.1) is 5.10 Å². The molecule has 166 valence electrons. The van der Waals surface area contributed by atoms with Gasteiger partial charge in [0, 0.05) is 36.7 Å². The Morgan fingerprint density at radius 2 is 1.78 bits per heavy atom. The fourth-order valence-corrected chi connectivity index (χ4v) is 3.75. The molecule has 3 heterocycles. The largest absolute Gasteiger partial charge is 0.256 e. The molecule has 8 nitrogen and oxygen atoms in total. The van der Waals surface area contributed by atoms with Gasteiger partial charge in [0.05, 0.1) is 5.69 Å². The highest BCUT2D eigenvalue weighted by atomic mass is 15.5. The van der Waals surface area contributed by atoms with E-state index in [9.17, 15) is 0 Å². The Labute approximate surface area is 188 Å². The number of benzene rings is 1. The van der Waals surface area contributed by atoms with Crippen LogP contribution in [0.5, 0.6) is 0 Å². The monoisotopic (exact) mass is 430 g/mol. The smallest absolute Gasteiger partial charge is 0.180 e. The topological polar surface area (TPSA) is 98.1 Å². The van der Waals surface area contributed by atoms with Gasteiger partial charge in [0.15, 0.2) is 11.6 Å². The molecule has 4 rings (SSSR count). The number of aromatic nitrogens is 8. The average Bonchev–Trinajstić information content (AvgIpc) is 3.49. The summed E-state index contributed by atoms with van der Waals surface area (Å²) in [4.78, 5) is 9.59. The summed E-state index contributed by atoms with van der Waals surface area (Å²) in [6.07, 6.45) is 9.40. The number of nitrogens with zero attached hydrogens (tertiary/aromatic N) is 7. The molecular formula is C24H30N8. The highest BCUT2D eigenvalue weighted by molar-refractivity contribution is 5.78. The zero-order chi connectivity index (χ0) is 22.2. The molecule has 0 spiro atoms. The molecular weight excluding hydrogens is 400 g/mol. The predicted octanol–water partition coefficient (Wildman–Crippen LogP) is 4.64. The maximum Gasteiger partial charge on any atom is 0.180 e. The van der Waals surface area contributed by atoms with Gasteiger partial charge in [-0.25, -0.2) is 14.8 Å². The predicted molar refractivity (Wildman–Crippen MR) is 124 cm³/mol. The lowest BCUT2D eigenvalue weighted by Crippen LogP contribution is -2.07. The van der Waals surface area contributed by atoms with E-state index in [0.29, 0.717) is 5.82 Å². The number of rotatable bonds is 11. The van der Waals surface area contributed by atoms with E-state index in [4.69, 9.17) is 15.1 Å². The van der Waals surface area contributed by atoms with Crippen LogP contribution in [0, 0.1) is 0 Å². The Morgan fingerprint density at radius 1 is 0.938 bits per heavy atom. The van der Waals surface area contributed by atoms with Crippen molar-refractivity contribution in [2.24, 2.45) is 0 Å². The van der Waals surface area contributed by atoms with Crippen LogP contribution in [0.3, 0.4) is 0 Å². The van der Waals surface area contributed by atoms with Crippen LogP contribution >= 0.6 is 0 Å². The van der Waals surface area contributed by atoms with E-state index in [2.05, 4.69) is 45.2 Å². The second-order valence-corrected chi connectivity index (χ2v) is 8.00. The maximum absolute atomic E-state index is 4.85. The van der Waals surface area contributed by atoms with E-state index in [0.717, 1.165) is 72.7 Å². The fraction of sp³-hybridized carbons (Fsp3) is 0.417. The molecule has 3 aromatic heterocycles. The number of hydrogen-bond acceptors (Lipinski definition) is 6. The van der Waals surface area contributed by atoms with E-state index in [1.807, 2.05) is 36.5 Å². The van der Waals surface area contributed by atoms with Gasteiger partial charge in [0.2, 0.25) is 0 Å². The zero-order valence-corrected chi connectivity index (χ0v) is 18.8.